The fraction of sp³-hybridized carbons (Fsp3) is 0.286. The first-order chi connectivity index (χ1) is 22.2. The van der Waals surface area contributed by atoms with Gasteiger partial charge in [0.05, 0.1) is 17.2 Å². The molecule has 244 valence electrons. The molecule has 1 fully saturated rings. The predicted octanol–water partition coefficient (Wildman–Crippen LogP) is 4.31. The van der Waals surface area contributed by atoms with Crippen molar-refractivity contribution >= 4 is 23.2 Å². The number of aliphatic hydroxyl groups is 2. The van der Waals surface area contributed by atoms with E-state index in [2.05, 4.69) is 0 Å². The van der Waals surface area contributed by atoms with E-state index in [1.165, 1.54) is 24.3 Å². The van der Waals surface area contributed by atoms with Crippen LogP contribution in [0.25, 0.3) is 16.9 Å². The largest absolute Gasteiger partial charge is 0.507 e. The van der Waals surface area contributed by atoms with Crippen LogP contribution < -0.4 is 5.73 Å². The van der Waals surface area contributed by atoms with Crippen molar-refractivity contribution in [3.05, 3.63) is 106 Å². The molecule has 47 heavy (non-hydrogen) atoms. The molecule has 1 amide bonds. The Kier molecular flexibility index (Phi) is 7.76. The normalized spacial score (nSPS) is 24.2. The van der Waals surface area contributed by atoms with E-state index >= 15 is 0 Å². The van der Waals surface area contributed by atoms with Crippen molar-refractivity contribution in [3.63, 3.8) is 0 Å². The van der Waals surface area contributed by atoms with E-state index < -0.39 is 69.8 Å². The number of hydrogen-bond donors (Lipinski definition) is 4. The van der Waals surface area contributed by atoms with E-state index in [1.54, 1.807) is 43.3 Å². The molecule has 0 spiro atoms. The summed E-state index contributed by atoms with van der Waals surface area (Å²) < 4.78 is 45.8. The molecule has 0 unspecified atom stereocenters. The van der Waals surface area contributed by atoms with Crippen molar-refractivity contribution in [1.29, 1.82) is 0 Å². The lowest BCUT2D eigenvalue weighted by Gasteiger charge is -2.50. The summed E-state index contributed by atoms with van der Waals surface area (Å²) in [5, 5.41) is 34.4. The van der Waals surface area contributed by atoms with Gasteiger partial charge in [-0.2, -0.15) is 13.2 Å². The summed E-state index contributed by atoms with van der Waals surface area (Å²) in [6.07, 6.45) is -4.55. The monoisotopic (exact) mass is 648 g/mol. The summed E-state index contributed by atoms with van der Waals surface area (Å²) in [4.78, 5) is 42.6. The second-order valence-corrected chi connectivity index (χ2v) is 12.3. The minimum atomic E-state index is -4.55. The number of halogens is 3. The second-order valence-electron chi connectivity index (χ2n) is 12.3. The van der Waals surface area contributed by atoms with Crippen LogP contribution in [-0.2, 0) is 38.3 Å². The van der Waals surface area contributed by atoms with E-state index in [9.17, 15) is 42.9 Å². The van der Waals surface area contributed by atoms with Gasteiger partial charge in [0.1, 0.15) is 29.4 Å². The number of carbonyl (C=O) groups is 3. The Hall–Kier alpha value is -4.94. The van der Waals surface area contributed by atoms with Crippen LogP contribution in [-0.4, -0.2) is 63.4 Å². The van der Waals surface area contributed by atoms with Crippen LogP contribution in [0.15, 0.2) is 83.6 Å². The highest BCUT2D eigenvalue weighted by Crippen LogP contribution is 2.53. The molecule has 0 radical (unpaired) electrons. The molecule has 3 aromatic rings. The number of ketones is 2. The average molecular weight is 649 g/mol. The van der Waals surface area contributed by atoms with Gasteiger partial charge in [-0.1, -0.05) is 48.5 Å². The maximum atomic E-state index is 14.3. The topological polar surface area (TPSA) is 150 Å². The Balaban J connectivity index is 1.47. The highest BCUT2D eigenvalue weighted by molar-refractivity contribution is 6.33. The lowest BCUT2D eigenvalue weighted by atomic mass is 9.57. The van der Waals surface area contributed by atoms with Crippen molar-refractivity contribution in [3.8, 4) is 16.9 Å². The first-order valence-electron chi connectivity index (χ1n) is 14.8. The standard InChI is InChI=1S/C35H31F3N2O7/c1-40(2)28-23-15-19-14-22-21(18-8-10-20(11-9-18)35(36,37)38)12-13-24(41)26(22)29(42)25(19)31(43)34(23,46)32(44)27(33(39)45)30(28)47-16-17-6-4-3-5-7-17/h3-13,19,23,28,41-42,46H,14-16H2,1-2H3,(H2,39,45)/t19-,23-,28-,34-/m0/s1. The van der Waals surface area contributed by atoms with Gasteiger partial charge in [-0.05, 0) is 73.3 Å². The maximum absolute atomic E-state index is 14.3. The van der Waals surface area contributed by atoms with Crippen LogP contribution in [0.3, 0.4) is 0 Å². The number of likely N-dealkylation sites (N-methyl/N-ethyl adjacent to an activating group) is 1. The summed E-state index contributed by atoms with van der Waals surface area (Å²) in [6, 6.07) is 15.1. The van der Waals surface area contributed by atoms with Gasteiger partial charge >= 0.3 is 6.18 Å². The van der Waals surface area contributed by atoms with Crippen LogP contribution in [0, 0.1) is 11.8 Å². The van der Waals surface area contributed by atoms with Gasteiger partial charge in [-0.25, -0.2) is 0 Å². The Morgan fingerprint density at radius 1 is 1.00 bits per heavy atom. The summed E-state index contributed by atoms with van der Waals surface area (Å²) in [6.45, 7) is -0.0395. The smallest absolute Gasteiger partial charge is 0.416 e. The van der Waals surface area contributed by atoms with Gasteiger partial charge in [-0.3, -0.25) is 19.3 Å². The maximum Gasteiger partial charge on any atom is 0.416 e. The molecule has 0 heterocycles. The highest BCUT2D eigenvalue weighted by Gasteiger charge is 2.65. The van der Waals surface area contributed by atoms with E-state index in [1.807, 2.05) is 6.07 Å². The number of primary amides is 1. The summed E-state index contributed by atoms with van der Waals surface area (Å²) in [7, 11) is 3.27. The fourth-order valence-corrected chi connectivity index (χ4v) is 7.22. The lowest BCUT2D eigenvalue weighted by Crippen LogP contribution is -2.67. The third kappa shape index (κ3) is 5.08. The number of hydrogen-bond acceptors (Lipinski definition) is 8. The van der Waals surface area contributed by atoms with Crippen molar-refractivity contribution < 1.29 is 47.6 Å². The Labute approximate surface area is 267 Å². The molecule has 12 heteroatoms. The number of nitrogens with two attached hydrogens (primary N) is 1. The number of fused-ring (bicyclic) bond motifs is 3. The number of phenols is 1. The molecule has 0 bridgehead atoms. The number of carbonyl (C=O) groups excluding carboxylic acids is 3. The molecule has 3 aliphatic carbocycles. The zero-order valence-corrected chi connectivity index (χ0v) is 25.3. The number of Topliss-reactive ketones (excluding diaryl/α,β-unsaturated/α-hetero) is 2. The summed E-state index contributed by atoms with van der Waals surface area (Å²) in [5.41, 5.74) is 2.85. The van der Waals surface area contributed by atoms with Crippen LogP contribution >= 0.6 is 0 Å². The SMILES string of the molecule is CN(C)[C@@H]1C(OCc2ccccc2)=C(C(N)=O)C(=O)[C@@]2(O)C(=O)C3=C(O)c4c(O)ccc(-c5ccc(C(F)(F)F)cc5)c4C[C@H]3C[C@@H]12. The van der Waals surface area contributed by atoms with E-state index in [-0.39, 0.29) is 36.3 Å². The summed E-state index contributed by atoms with van der Waals surface area (Å²) in [5.74, 6) is -6.65. The van der Waals surface area contributed by atoms with Gasteiger partial charge in [0.2, 0.25) is 11.6 Å². The van der Waals surface area contributed by atoms with Crippen LogP contribution in [0.4, 0.5) is 13.2 Å². The van der Waals surface area contributed by atoms with Crippen molar-refractivity contribution in [2.75, 3.05) is 14.1 Å². The minimum Gasteiger partial charge on any atom is -0.507 e. The first-order valence-corrected chi connectivity index (χ1v) is 14.8. The minimum absolute atomic E-state index is 0.0395. The zero-order valence-electron chi connectivity index (χ0n) is 25.3. The molecule has 9 nitrogen and oxygen atoms in total. The second kappa shape index (κ2) is 11.4. The Morgan fingerprint density at radius 2 is 1.66 bits per heavy atom. The molecule has 0 aliphatic heterocycles. The molecule has 3 aromatic carbocycles. The molecule has 1 saturated carbocycles. The van der Waals surface area contributed by atoms with E-state index in [0.717, 1.165) is 17.7 Å². The molecular formula is C35H31F3N2O7. The van der Waals surface area contributed by atoms with Crippen LogP contribution in [0.1, 0.15) is 28.7 Å². The Bertz CT molecular complexity index is 1870. The fourth-order valence-electron chi connectivity index (χ4n) is 7.22. The molecule has 6 rings (SSSR count). The molecule has 0 aromatic heterocycles. The zero-order chi connectivity index (χ0) is 34.0. The number of aromatic hydroxyl groups is 1. The Morgan fingerprint density at radius 3 is 2.26 bits per heavy atom. The molecule has 0 saturated heterocycles. The molecule has 4 atom stereocenters. The molecule has 5 N–H and O–H groups in total. The van der Waals surface area contributed by atoms with Gasteiger partial charge in [0, 0.05) is 11.5 Å². The number of aliphatic hydroxyl groups excluding tert-OH is 1. The van der Waals surface area contributed by atoms with Gasteiger partial charge in [0.25, 0.3) is 5.91 Å². The molecule has 3 aliphatic rings. The van der Waals surface area contributed by atoms with Gasteiger partial charge in [-0.15, -0.1) is 0 Å². The molecular weight excluding hydrogens is 617 g/mol. The average Bonchev–Trinajstić information content (AvgIpc) is 3.01. The number of nitrogens with zero attached hydrogens (tertiary/aromatic N) is 1. The number of benzene rings is 3. The lowest BCUT2D eigenvalue weighted by molar-refractivity contribution is -0.162. The third-order valence-corrected chi connectivity index (χ3v) is 9.34. The van der Waals surface area contributed by atoms with Crippen molar-refractivity contribution in [1.82, 2.24) is 4.90 Å². The number of rotatable bonds is 6. The highest BCUT2D eigenvalue weighted by atomic mass is 19.4. The van der Waals surface area contributed by atoms with E-state index in [4.69, 9.17) is 10.5 Å². The number of amides is 1. The van der Waals surface area contributed by atoms with Crippen LogP contribution in [0.5, 0.6) is 5.75 Å². The predicted molar refractivity (Wildman–Crippen MR) is 163 cm³/mol. The number of phenolic OH excluding ortho intramolecular Hbond substituents is 1. The van der Waals surface area contributed by atoms with Crippen LogP contribution in [0.2, 0.25) is 0 Å². The number of alkyl halides is 3. The summed E-state index contributed by atoms with van der Waals surface area (Å²) >= 11 is 0. The van der Waals surface area contributed by atoms with Gasteiger partial charge in [0.15, 0.2) is 5.60 Å². The van der Waals surface area contributed by atoms with Crippen molar-refractivity contribution in [2.24, 2.45) is 17.6 Å². The van der Waals surface area contributed by atoms with E-state index in [0.29, 0.717) is 16.7 Å². The quantitative estimate of drug-likeness (QED) is 0.228. The van der Waals surface area contributed by atoms with Crippen molar-refractivity contribution in [2.45, 2.75) is 37.3 Å². The number of ether oxygens (including phenoxy) is 1. The third-order valence-electron chi connectivity index (χ3n) is 9.34. The first kappa shape index (κ1) is 32.0. The van der Waals surface area contributed by atoms with Gasteiger partial charge < -0.3 is 25.8 Å².